The van der Waals surface area contributed by atoms with Gasteiger partial charge in [0.1, 0.15) is 5.65 Å². The molecule has 3 N–H and O–H groups in total. The molecule has 0 bridgehead atoms. The van der Waals surface area contributed by atoms with Gasteiger partial charge in [-0.2, -0.15) is 4.98 Å². The van der Waals surface area contributed by atoms with E-state index in [0.717, 1.165) is 73.8 Å². The van der Waals surface area contributed by atoms with Crippen molar-refractivity contribution >= 4 is 33.7 Å². The standard InChI is InChI=1S/C28H37N7O2/c1-33-10-12-34(13-11-33)17-19-4-9-22-23(14-19)27(37)35(21-7-5-20(6-8-21)25(29)36)26-24(22)16-31-28(32-26)30-15-18-2-3-18/h4,9,14,16,18,20-21H,2-3,5-8,10-13,15,17H2,1H3,(H2,29,36)(H,30,31,32)/t20-,21-. The van der Waals surface area contributed by atoms with Gasteiger partial charge < -0.3 is 16.0 Å². The third-order valence-electron chi connectivity index (χ3n) is 8.53. The van der Waals surface area contributed by atoms with E-state index >= 15 is 0 Å². The summed E-state index contributed by atoms with van der Waals surface area (Å²) in [4.78, 5) is 40.2. The second kappa shape index (κ2) is 10.0. The lowest BCUT2D eigenvalue weighted by atomic mass is 9.85. The normalized spacial score (nSPS) is 23.5. The number of nitrogens with one attached hydrogen (secondary N) is 1. The van der Waals surface area contributed by atoms with Crippen LogP contribution in [-0.2, 0) is 11.3 Å². The van der Waals surface area contributed by atoms with Crippen LogP contribution in [0.2, 0.25) is 0 Å². The van der Waals surface area contributed by atoms with Gasteiger partial charge in [-0.3, -0.25) is 19.1 Å². The number of likely N-dealkylation sites (N-methyl/N-ethyl adjacent to an activating group) is 1. The Labute approximate surface area is 217 Å². The van der Waals surface area contributed by atoms with Crippen molar-refractivity contribution in [3.63, 3.8) is 0 Å². The lowest BCUT2D eigenvalue weighted by Gasteiger charge is -2.32. The molecule has 196 valence electrons. The largest absolute Gasteiger partial charge is 0.369 e. The first-order valence-corrected chi connectivity index (χ1v) is 13.7. The van der Waals surface area contributed by atoms with Crippen LogP contribution in [0.5, 0.6) is 0 Å². The van der Waals surface area contributed by atoms with Crippen LogP contribution in [0.25, 0.3) is 21.8 Å². The Morgan fingerprint density at radius 2 is 1.78 bits per heavy atom. The summed E-state index contributed by atoms with van der Waals surface area (Å²) >= 11 is 0. The van der Waals surface area contributed by atoms with Gasteiger partial charge in [0.25, 0.3) is 5.56 Å². The highest BCUT2D eigenvalue weighted by molar-refractivity contribution is 6.04. The van der Waals surface area contributed by atoms with Crippen molar-refractivity contribution in [2.24, 2.45) is 17.6 Å². The number of aromatic nitrogens is 3. The fourth-order valence-electron chi connectivity index (χ4n) is 5.94. The number of nitrogens with zero attached hydrogens (tertiary/aromatic N) is 5. The zero-order chi connectivity index (χ0) is 25.5. The van der Waals surface area contributed by atoms with Gasteiger partial charge in [0, 0.05) is 68.2 Å². The van der Waals surface area contributed by atoms with Crippen LogP contribution >= 0.6 is 0 Å². The number of fused-ring (bicyclic) bond motifs is 3. The summed E-state index contributed by atoms with van der Waals surface area (Å²) in [6.07, 6.45) is 7.24. The summed E-state index contributed by atoms with van der Waals surface area (Å²) in [6, 6.07) is 6.27. The van der Waals surface area contributed by atoms with E-state index in [9.17, 15) is 9.59 Å². The first kappa shape index (κ1) is 24.3. The number of nitrogens with two attached hydrogens (primary N) is 1. The molecule has 0 unspecified atom stereocenters. The van der Waals surface area contributed by atoms with E-state index in [-0.39, 0.29) is 23.4 Å². The number of amides is 1. The van der Waals surface area contributed by atoms with E-state index in [0.29, 0.717) is 30.4 Å². The van der Waals surface area contributed by atoms with Crippen molar-refractivity contribution in [1.29, 1.82) is 0 Å². The number of anilines is 1. The minimum atomic E-state index is -0.239. The number of benzene rings is 1. The summed E-state index contributed by atoms with van der Waals surface area (Å²) in [5.41, 5.74) is 7.42. The molecule has 1 aliphatic heterocycles. The van der Waals surface area contributed by atoms with Crippen molar-refractivity contribution in [1.82, 2.24) is 24.3 Å². The molecule has 3 aliphatic rings. The van der Waals surface area contributed by atoms with Crippen molar-refractivity contribution in [2.75, 3.05) is 45.1 Å². The molecule has 1 saturated heterocycles. The van der Waals surface area contributed by atoms with E-state index < -0.39 is 0 Å². The quantitative estimate of drug-likeness (QED) is 0.477. The number of primary amides is 1. The Kier molecular flexibility index (Phi) is 6.58. The van der Waals surface area contributed by atoms with E-state index in [1.165, 1.54) is 12.8 Å². The van der Waals surface area contributed by atoms with Crippen molar-refractivity contribution < 1.29 is 4.79 Å². The summed E-state index contributed by atoms with van der Waals surface area (Å²) in [6.45, 7) is 5.89. The smallest absolute Gasteiger partial charge is 0.260 e. The maximum Gasteiger partial charge on any atom is 0.260 e. The van der Waals surface area contributed by atoms with Gasteiger partial charge in [0.2, 0.25) is 11.9 Å². The van der Waals surface area contributed by atoms with Crippen LogP contribution in [0.3, 0.4) is 0 Å². The fraction of sp³-hybridized carbons (Fsp3) is 0.571. The molecule has 9 nitrogen and oxygen atoms in total. The van der Waals surface area contributed by atoms with Crippen LogP contribution in [0.15, 0.2) is 29.2 Å². The predicted octanol–water partition coefficient (Wildman–Crippen LogP) is 2.73. The molecule has 1 amide bonds. The Hall–Kier alpha value is -3.04. The van der Waals surface area contributed by atoms with Gasteiger partial charge in [-0.25, -0.2) is 4.98 Å². The molecule has 3 heterocycles. The molecule has 1 aromatic carbocycles. The number of hydrogen-bond acceptors (Lipinski definition) is 7. The zero-order valence-electron chi connectivity index (χ0n) is 21.7. The van der Waals surface area contributed by atoms with Gasteiger partial charge >= 0.3 is 0 Å². The summed E-state index contributed by atoms with van der Waals surface area (Å²) in [7, 11) is 2.16. The van der Waals surface area contributed by atoms with E-state index in [2.05, 4.69) is 45.3 Å². The second-order valence-corrected chi connectivity index (χ2v) is 11.3. The van der Waals surface area contributed by atoms with Crippen LogP contribution in [0.1, 0.15) is 50.1 Å². The van der Waals surface area contributed by atoms with Crippen molar-refractivity contribution in [2.45, 2.75) is 51.1 Å². The molecule has 6 rings (SSSR count). The summed E-state index contributed by atoms with van der Waals surface area (Å²) < 4.78 is 1.89. The van der Waals surface area contributed by atoms with Crippen LogP contribution in [-0.4, -0.2) is 70.0 Å². The first-order chi connectivity index (χ1) is 18.0. The molecular weight excluding hydrogens is 466 g/mol. The highest BCUT2D eigenvalue weighted by Crippen LogP contribution is 2.35. The molecular formula is C28H37N7O2. The second-order valence-electron chi connectivity index (χ2n) is 11.3. The Balaban J connectivity index is 1.40. The number of carbonyl (C=O) groups is 1. The monoisotopic (exact) mass is 503 g/mol. The van der Waals surface area contributed by atoms with Crippen LogP contribution in [0.4, 0.5) is 5.95 Å². The minimum Gasteiger partial charge on any atom is -0.369 e. The molecule has 9 heteroatoms. The third-order valence-corrected chi connectivity index (χ3v) is 8.53. The molecule has 2 aliphatic carbocycles. The maximum atomic E-state index is 14.1. The number of pyridine rings is 1. The Morgan fingerprint density at radius 3 is 2.49 bits per heavy atom. The average molecular weight is 504 g/mol. The minimum absolute atomic E-state index is 0.00269. The molecule has 2 saturated carbocycles. The van der Waals surface area contributed by atoms with Gasteiger partial charge in [0.05, 0.1) is 0 Å². The maximum absolute atomic E-state index is 14.1. The molecule has 37 heavy (non-hydrogen) atoms. The first-order valence-electron chi connectivity index (χ1n) is 13.7. The molecule has 0 radical (unpaired) electrons. The lowest BCUT2D eigenvalue weighted by Crippen LogP contribution is -2.43. The van der Waals surface area contributed by atoms with Gasteiger partial charge in [-0.15, -0.1) is 0 Å². The molecule has 2 aromatic heterocycles. The summed E-state index contributed by atoms with van der Waals surface area (Å²) in [5.74, 6) is 0.918. The molecule has 0 atom stereocenters. The van der Waals surface area contributed by atoms with Gasteiger partial charge in [-0.1, -0.05) is 12.1 Å². The number of piperazine rings is 1. The summed E-state index contributed by atoms with van der Waals surface area (Å²) in [5, 5.41) is 5.89. The molecule has 3 aromatic rings. The number of rotatable bonds is 7. The SMILES string of the molecule is CN1CCN(Cc2ccc3c(c2)c(=O)n([C@H]2CC[C@H](C(N)=O)CC2)c2nc(NCC4CC4)ncc32)CC1. The van der Waals surface area contributed by atoms with Crippen molar-refractivity contribution in [3.05, 3.63) is 40.3 Å². The third kappa shape index (κ3) is 5.07. The fourth-order valence-corrected chi connectivity index (χ4v) is 5.94. The highest BCUT2D eigenvalue weighted by atomic mass is 16.1. The Morgan fingerprint density at radius 1 is 1.03 bits per heavy atom. The predicted molar refractivity (Wildman–Crippen MR) is 145 cm³/mol. The topological polar surface area (TPSA) is 109 Å². The molecule has 0 spiro atoms. The zero-order valence-corrected chi connectivity index (χ0v) is 21.7. The van der Waals surface area contributed by atoms with Crippen LogP contribution < -0.4 is 16.6 Å². The van der Waals surface area contributed by atoms with Crippen molar-refractivity contribution in [3.8, 4) is 0 Å². The van der Waals surface area contributed by atoms with E-state index in [1.54, 1.807) is 0 Å². The van der Waals surface area contributed by atoms with E-state index in [4.69, 9.17) is 10.7 Å². The lowest BCUT2D eigenvalue weighted by molar-refractivity contribution is -0.122. The number of hydrogen-bond donors (Lipinski definition) is 2. The van der Waals surface area contributed by atoms with E-state index in [1.807, 2.05) is 10.8 Å². The average Bonchev–Trinajstić information content (AvgIpc) is 3.74. The van der Waals surface area contributed by atoms with Gasteiger partial charge in [0.15, 0.2) is 0 Å². The van der Waals surface area contributed by atoms with Crippen LogP contribution in [0, 0.1) is 11.8 Å². The Bertz CT molecular complexity index is 1370. The highest BCUT2D eigenvalue weighted by Gasteiger charge is 2.29. The molecule has 3 fully saturated rings. The number of carbonyl (C=O) groups excluding carboxylic acids is 1. The van der Waals surface area contributed by atoms with Gasteiger partial charge in [-0.05, 0) is 68.5 Å².